The number of hydrogen-bond acceptors (Lipinski definition) is 5. The lowest BCUT2D eigenvalue weighted by molar-refractivity contribution is -0.143. The van der Waals surface area contributed by atoms with Gasteiger partial charge in [-0.15, -0.1) is 5.10 Å². The predicted molar refractivity (Wildman–Crippen MR) is 97.8 cm³/mol. The summed E-state index contributed by atoms with van der Waals surface area (Å²) in [6.45, 7) is 0. The fraction of sp³-hybridized carbons (Fsp3) is 0.105. The zero-order chi connectivity index (χ0) is 23.7. The van der Waals surface area contributed by atoms with E-state index in [-0.39, 0.29) is 22.8 Å². The minimum absolute atomic E-state index is 0.0131. The molecule has 0 saturated heterocycles. The number of carbonyl (C=O) groups excluding carboxylic acids is 1. The van der Waals surface area contributed by atoms with E-state index >= 15 is 0 Å². The highest BCUT2D eigenvalue weighted by molar-refractivity contribution is 6.22. The van der Waals surface area contributed by atoms with E-state index < -0.39 is 40.8 Å². The molecule has 7 nitrogen and oxygen atoms in total. The van der Waals surface area contributed by atoms with Gasteiger partial charge in [0, 0.05) is 29.7 Å². The highest BCUT2D eigenvalue weighted by atomic mass is 19.4. The number of amides is 1. The molecule has 2 N–H and O–H groups in total. The molecule has 0 aliphatic rings. The predicted octanol–water partition coefficient (Wildman–Crippen LogP) is 3.73. The highest BCUT2D eigenvalue weighted by Crippen LogP contribution is 2.38. The van der Waals surface area contributed by atoms with Crippen LogP contribution in [0.5, 0.6) is 0 Å². The first-order valence-electron chi connectivity index (χ1n) is 8.46. The van der Waals surface area contributed by atoms with E-state index in [1.54, 1.807) is 0 Å². The van der Waals surface area contributed by atoms with Crippen LogP contribution in [0.1, 0.15) is 22.3 Å². The van der Waals surface area contributed by atoms with Crippen LogP contribution in [0.15, 0.2) is 43.0 Å². The smallest absolute Gasteiger partial charge is 0.366 e. The lowest BCUT2D eigenvalue weighted by Gasteiger charge is -2.13. The number of aromatic nitrogens is 4. The van der Waals surface area contributed by atoms with Gasteiger partial charge in [-0.25, -0.2) is 9.67 Å². The molecule has 0 atom stereocenters. The van der Waals surface area contributed by atoms with Crippen LogP contribution in [-0.2, 0) is 17.1 Å². The van der Waals surface area contributed by atoms with Crippen molar-refractivity contribution >= 4 is 17.7 Å². The van der Waals surface area contributed by atoms with E-state index in [1.807, 2.05) is 6.07 Å². The number of pyridine rings is 1. The average molecular weight is 452 g/mol. The first-order chi connectivity index (χ1) is 14.9. The van der Waals surface area contributed by atoms with Gasteiger partial charge in [0.15, 0.2) is 5.82 Å². The van der Waals surface area contributed by atoms with E-state index in [2.05, 4.69) is 15.1 Å². The van der Waals surface area contributed by atoms with Gasteiger partial charge in [0.05, 0.1) is 22.3 Å². The third-order valence-electron chi connectivity index (χ3n) is 4.06. The molecule has 2 aromatic heterocycles. The number of primary amides is 1. The number of nitrogens with two attached hydrogens (primary N) is 1. The van der Waals surface area contributed by atoms with Crippen molar-refractivity contribution in [3.63, 3.8) is 0 Å². The summed E-state index contributed by atoms with van der Waals surface area (Å²) in [6, 6.07) is 4.08. The normalized spacial score (nSPS) is 12.5. The van der Waals surface area contributed by atoms with Gasteiger partial charge in [-0.1, -0.05) is 0 Å². The standard InChI is InChI=1S/C19H10F6N6O/c20-18(21,22)13-2-11(3-14(4-13)19(23,24)25)17-29-9-31(30-17)8-15(16(27)32)12-1-10(5-26)6-28-7-12/h1-4,6-9H,(H2,27,32). The molecule has 3 aromatic rings. The molecule has 0 bridgehead atoms. The number of nitriles is 1. The fourth-order valence-electron chi connectivity index (χ4n) is 2.61. The quantitative estimate of drug-likeness (QED) is 0.479. The Morgan fingerprint density at radius 2 is 1.66 bits per heavy atom. The third-order valence-corrected chi connectivity index (χ3v) is 4.06. The maximum atomic E-state index is 13.1. The van der Waals surface area contributed by atoms with Crippen LogP contribution in [0.3, 0.4) is 0 Å². The molecule has 13 heteroatoms. The topological polar surface area (TPSA) is 110 Å². The van der Waals surface area contributed by atoms with Crippen LogP contribution in [0.4, 0.5) is 26.3 Å². The Kier molecular flexibility index (Phi) is 5.72. The Balaban J connectivity index is 2.08. The van der Waals surface area contributed by atoms with Crippen LogP contribution in [0.25, 0.3) is 23.2 Å². The Morgan fingerprint density at radius 3 is 2.19 bits per heavy atom. The molecule has 164 valence electrons. The summed E-state index contributed by atoms with van der Waals surface area (Å²) >= 11 is 0. The molecule has 0 radical (unpaired) electrons. The number of hydrogen-bond donors (Lipinski definition) is 1. The summed E-state index contributed by atoms with van der Waals surface area (Å²) in [7, 11) is 0. The highest BCUT2D eigenvalue weighted by Gasteiger charge is 2.37. The van der Waals surface area contributed by atoms with Gasteiger partial charge < -0.3 is 5.73 Å². The van der Waals surface area contributed by atoms with Gasteiger partial charge in [0.25, 0.3) is 5.91 Å². The van der Waals surface area contributed by atoms with E-state index in [4.69, 9.17) is 11.0 Å². The molecule has 0 spiro atoms. The molecule has 0 fully saturated rings. The van der Waals surface area contributed by atoms with Crippen molar-refractivity contribution in [2.45, 2.75) is 12.4 Å². The number of halogens is 6. The third kappa shape index (κ3) is 4.91. The molecule has 1 amide bonds. The summed E-state index contributed by atoms with van der Waals surface area (Å²) < 4.78 is 79.3. The Morgan fingerprint density at radius 1 is 1.03 bits per heavy atom. The first-order valence-corrected chi connectivity index (χ1v) is 8.46. The first kappa shape index (κ1) is 22.5. The lowest BCUT2D eigenvalue weighted by atomic mass is 10.0. The van der Waals surface area contributed by atoms with Crippen molar-refractivity contribution in [2.75, 3.05) is 0 Å². The largest absolute Gasteiger partial charge is 0.416 e. The van der Waals surface area contributed by atoms with E-state index in [0.29, 0.717) is 12.1 Å². The van der Waals surface area contributed by atoms with Crippen molar-refractivity contribution in [3.05, 3.63) is 65.2 Å². The van der Waals surface area contributed by atoms with Crippen molar-refractivity contribution in [3.8, 4) is 17.5 Å². The molecule has 2 heterocycles. The molecule has 0 aliphatic heterocycles. The van der Waals surface area contributed by atoms with Crippen molar-refractivity contribution in [1.82, 2.24) is 19.7 Å². The second-order valence-corrected chi connectivity index (χ2v) is 6.32. The number of benzene rings is 1. The minimum Gasteiger partial charge on any atom is -0.366 e. The number of nitrogens with zero attached hydrogens (tertiary/aromatic N) is 5. The van der Waals surface area contributed by atoms with Gasteiger partial charge in [0.1, 0.15) is 12.4 Å². The van der Waals surface area contributed by atoms with E-state index in [0.717, 1.165) is 17.2 Å². The second kappa shape index (κ2) is 8.14. The van der Waals surface area contributed by atoms with Gasteiger partial charge in [-0.2, -0.15) is 31.6 Å². The second-order valence-electron chi connectivity index (χ2n) is 6.32. The Labute approximate surface area is 175 Å². The van der Waals surface area contributed by atoms with Gasteiger partial charge in [-0.05, 0) is 24.3 Å². The SMILES string of the molecule is N#Cc1cncc(C(=Cn2cnc(-c3cc(C(F)(F)F)cc(C(F)(F)F)c3)n2)C(N)=O)c1. The van der Waals surface area contributed by atoms with Crippen LogP contribution in [-0.4, -0.2) is 25.7 Å². The lowest BCUT2D eigenvalue weighted by Crippen LogP contribution is -2.14. The van der Waals surface area contributed by atoms with Gasteiger partial charge >= 0.3 is 12.4 Å². The maximum Gasteiger partial charge on any atom is 0.416 e. The minimum atomic E-state index is -5.03. The summed E-state index contributed by atoms with van der Waals surface area (Å²) in [4.78, 5) is 19.3. The van der Waals surface area contributed by atoms with E-state index in [9.17, 15) is 31.1 Å². The van der Waals surface area contributed by atoms with Gasteiger partial charge in [0.2, 0.25) is 0 Å². The summed E-state index contributed by atoms with van der Waals surface area (Å²) in [5, 5.41) is 12.8. The van der Waals surface area contributed by atoms with Crippen molar-refractivity contribution in [1.29, 1.82) is 5.26 Å². The van der Waals surface area contributed by atoms with Crippen LogP contribution < -0.4 is 5.73 Å². The van der Waals surface area contributed by atoms with Crippen LogP contribution in [0.2, 0.25) is 0 Å². The summed E-state index contributed by atoms with van der Waals surface area (Å²) in [6.07, 6.45) is -5.57. The summed E-state index contributed by atoms with van der Waals surface area (Å²) in [5.74, 6) is -1.40. The zero-order valence-electron chi connectivity index (χ0n) is 15.6. The molecule has 0 unspecified atom stereocenters. The molecular formula is C19H10F6N6O. The van der Waals surface area contributed by atoms with E-state index in [1.165, 1.54) is 18.5 Å². The molecular weight excluding hydrogens is 442 g/mol. The molecule has 0 aliphatic carbocycles. The summed E-state index contributed by atoms with van der Waals surface area (Å²) in [5.41, 5.74) is 1.85. The molecule has 1 aromatic carbocycles. The number of carbonyl (C=O) groups is 1. The maximum absolute atomic E-state index is 13.1. The van der Waals surface area contributed by atoms with Crippen LogP contribution >= 0.6 is 0 Å². The molecule has 0 saturated carbocycles. The van der Waals surface area contributed by atoms with Crippen molar-refractivity contribution in [2.24, 2.45) is 5.73 Å². The van der Waals surface area contributed by atoms with Crippen LogP contribution in [0, 0.1) is 11.3 Å². The van der Waals surface area contributed by atoms with Gasteiger partial charge in [-0.3, -0.25) is 9.78 Å². The average Bonchev–Trinajstić information content (AvgIpc) is 3.19. The molecule has 32 heavy (non-hydrogen) atoms. The number of alkyl halides is 6. The number of rotatable bonds is 4. The monoisotopic (exact) mass is 452 g/mol. The Bertz CT molecular complexity index is 1220. The molecule has 3 rings (SSSR count). The fourth-order valence-corrected chi connectivity index (χ4v) is 2.61. The van der Waals surface area contributed by atoms with Crippen molar-refractivity contribution < 1.29 is 31.1 Å². The Hall–Kier alpha value is -4.21. The zero-order valence-corrected chi connectivity index (χ0v) is 15.6.